The summed E-state index contributed by atoms with van der Waals surface area (Å²) in [6.45, 7) is 0. The molecule has 2 fully saturated rings. The number of nitrogens with zero attached hydrogens (tertiary/aromatic N) is 1. The van der Waals surface area contributed by atoms with Gasteiger partial charge in [0.1, 0.15) is 0 Å². The van der Waals surface area contributed by atoms with Crippen molar-refractivity contribution >= 4 is 16.8 Å². The van der Waals surface area contributed by atoms with Gasteiger partial charge in [-0.1, -0.05) is 105 Å². The lowest BCUT2D eigenvalue weighted by atomic mass is 9.79. The van der Waals surface area contributed by atoms with Gasteiger partial charge >= 0.3 is 0 Å². The molecule has 1 nitrogen and oxygen atoms in total. The van der Waals surface area contributed by atoms with E-state index in [9.17, 15) is 0 Å². The number of benzene rings is 3. The van der Waals surface area contributed by atoms with Crippen molar-refractivity contribution in [3.63, 3.8) is 0 Å². The fraction of sp³-hybridized carbons (Fsp3) is 0.333. The number of rotatable bonds is 3. The minimum absolute atomic E-state index is 0.0955. The van der Waals surface area contributed by atoms with E-state index >= 15 is 0 Å². The molecule has 0 saturated heterocycles. The van der Waals surface area contributed by atoms with Crippen LogP contribution in [0.5, 0.6) is 0 Å². The molecular weight excluding hydrogens is 374 g/mol. The van der Waals surface area contributed by atoms with Crippen LogP contribution in [-0.4, -0.2) is 11.1 Å². The van der Waals surface area contributed by atoms with Crippen LogP contribution in [0.25, 0.3) is 11.1 Å². The first kappa shape index (κ1) is 18.9. The van der Waals surface area contributed by atoms with Gasteiger partial charge < -0.3 is 4.90 Å². The van der Waals surface area contributed by atoms with Gasteiger partial charge in [-0.05, 0) is 60.1 Å². The molecule has 0 N–H and O–H groups in total. The summed E-state index contributed by atoms with van der Waals surface area (Å²) >= 11 is 0. The molecule has 1 heteroatoms. The lowest BCUT2D eigenvalue weighted by molar-refractivity contribution is 0.411. The van der Waals surface area contributed by atoms with Crippen molar-refractivity contribution in [2.24, 2.45) is 0 Å². The van der Waals surface area contributed by atoms with Crippen LogP contribution in [0.1, 0.15) is 62.5 Å². The molecule has 3 aliphatic rings. The molecule has 0 bridgehead atoms. The Morgan fingerprint density at radius 1 is 0.452 bits per heavy atom. The SMILES string of the molecule is c1ccc(C2=C(c3ccccc3)C3(CCCC3)N(c3ccccc3)C23CCCC3)cc1. The number of anilines is 1. The lowest BCUT2D eigenvalue weighted by Gasteiger charge is -2.48. The Labute approximate surface area is 186 Å². The molecule has 1 aliphatic heterocycles. The summed E-state index contributed by atoms with van der Waals surface area (Å²) in [5.74, 6) is 0. The van der Waals surface area contributed by atoms with Crippen molar-refractivity contribution in [2.45, 2.75) is 62.4 Å². The van der Waals surface area contributed by atoms with Crippen LogP contribution in [0.4, 0.5) is 5.69 Å². The van der Waals surface area contributed by atoms with Crippen molar-refractivity contribution in [1.29, 1.82) is 0 Å². The minimum atomic E-state index is 0.0955. The van der Waals surface area contributed by atoms with E-state index in [1.165, 1.54) is 68.2 Å². The first-order valence-electron chi connectivity index (χ1n) is 12.1. The molecular formula is C30H31N. The third kappa shape index (κ3) is 2.75. The average Bonchev–Trinajstić information content (AvgIpc) is 3.56. The second kappa shape index (κ2) is 7.41. The van der Waals surface area contributed by atoms with Gasteiger partial charge in [0.25, 0.3) is 0 Å². The zero-order valence-electron chi connectivity index (χ0n) is 18.3. The maximum atomic E-state index is 2.92. The van der Waals surface area contributed by atoms with E-state index in [1.54, 1.807) is 11.1 Å². The molecule has 156 valence electrons. The standard InChI is InChI=1S/C30H31N/c1-4-14-24(15-5-1)27-28(25-16-6-2-7-17-25)30(22-12-13-23-30)31(26-18-8-3-9-19-26)29(27)20-10-11-21-29/h1-9,14-19H,10-13,20-23H2. The smallest absolute Gasteiger partial charge is 0.0672 e. The molecule has 0 unspecified atom stereocenters. The van der Waals surface area contributed by atoms with Gasteiger partial charge in [-0.2, -0.15) is 0 Å². The van der Waals surface area contributed by atoms with Gasteiger partial charge in [-0.25, -0.2) is 0 Å². The Bertz CT molecular complexity index is 1000. The molecule has 2 aliphatic carbocycles. The first-order valence-corrected chi connectivity index (χ1v) is 12.1. The summed E-state index contributed by atoms with van der Waals surface area (Å²) in [6, 6.07) is 34.0. The quantitative estimate of drug-likeness (QED) is 0.431. The second-order valence-electron chi connectivity index (χ2n) is 9.63. The Morgan fingerprint density at radius 2 is 0.806 bits per heavy atom. The van der Waals surface area contributed by atoms with Crippen LogP contribution in [-0.2, 0) is 0 Å². The summed E-state index contributed by atoms with van der Waals surface area (Å²) in [7, 11) is 0. The van der Waals surface area contributed by atoms with Crippen LogP contribution < -0.4 is 4.90 Å². The highest BCUT2D eigenvalue weighted by Crippen LogP contribution is 2.64. The molecule has 0 atom stereocenters. The van der Waals surface area contributed by atoms with Gasteiger partial charge in [-0.15, -0.1) is 0 Å². The third-order valence-electron chi connectivity index (χ3n) is 8.04. The number of hydrogen-bond acceptors (Lipinski definition) is 1. The van der Waals surface area contributed by atoms with Crippen molar-refractivity contribution < 1.29 is 0 Å². The van der Waals surface area contributed by atoms with Gasteiger partial charge in [0.05, 0.1) is 11.1 Å². The molecule has 2 spiro atoms. The average molecular weight is 406 g/mol. The lowest BCUT2D eigenvalue weighted by Crippen LogP contribution is -2.54. The van der Waals surface area contributed by atoms with E-state index < -0.39 is 0 Å². The Balaban J connectivity index is 1.71. The van der Waals surface area contributed by atoms with Gasteiger partial charge in [0.2, 0.25) is 0 Å². The van der Waals surface area contributed by atoms with E-state index in [2.05, 4.69) is 95.9 Å². The molecule has 3 aromatic carbocycles. The number of para-hydroxylation sites is 1. The molecule has 2 saturated carbocycles. The normalized spacial score (nSPS) is 21.5. The fourth-order valence-corrected chi connectivity index (χ4v) is 7.07. The van der Waals surface area contributed by atoms with E-state index in [4.69, 9.17) is 0 Å². The van der Waals surface area contributed by atoms with Crippen LogP contribution >= 0.6 is 0 Å². The highest BCUT2D eigenvalue weighted by atomic mass is 15.3. The molecule has 0 amide bonds. The van der Waals surface area contributed by atoms with E-state index in [0.29, 0.717) is 0 Å². The Kier molecular flexibility index (Phi) is 4.52. The summed E-state index contributed by atoms with van der Waals surface area (Å²) in [4.78, 5) is 2.92. The second-order valence-corrected chi connectivity index (χ2v) is 9.63. The largest absolute Gasteiger partial charge is 0.352 e. The number of hydrogen-bond donors (Lipinski definition) is 0. The van der Waals surface area contributed by atoms with Crippen LogP contribution in [0.15, 0.2) is 91.0 Å². The Hall–Kier alpha value is -2.80. The molecule has 6 rings (SSSR count). The van der Waals surface area contributed by atoms with E-state index in [1.807, 2.05) is 0 Å². The van der Waals surface area contributed by atoms with Crippen LogP contribution in [0, 0.1) is 0 Å². The van der Waals surface area contributed by atoms with Gasteiger partial charge in [-0.3, -0.25) is 0 Å². The highest BCUT2D eigenvalue weighted by molar-refractivity contribution is 6.06. The van der Waals surface area contributed by atoms with E-state index in [-0.39, 0.29) is 11.1 Å². The van der Waals surface area contributed by atoms with Crippen LogP contribution in [0.3, 0.4) is 0 Å². The van der Waals surface area contributed by atoms with Gasteiger partial charge in [0.15, 0.2) is 0 Å². The maximum absolute atomic E-state index is 2.92. The fourth-order valence-electron chi connectivity index (χ4n) is 7.07. The highest BCUT2D eigenvalue weighted by Gasteiger charge is 2.61. The van der Waals surface area contributed by atoms with Crippen molar-refractivity contribution in [2.75, 3.05) is 4.90 Å². The third-order valence-corrected chi connectivity index (χ3v) is 8.04. The van der Waals surface area contributed by atoms with Crippen molar-refractivity contribution in [3.8, 4) is 0 Å². The molecule has 1 heterocycles. The molecule has 3 aromatic rings. The topological polar surface area (TPSA) is 3.24 Å². The monoisotopic (exact) mass is 405 g/mol. The zero-order chi connectivity index (χ0) is 20.7. The molecule has 0 radical (unpaired) electrons. The first-order chi connectivity index (χ1) is 15.4. The van der Waals surface area contributed by atoms with Gasteiger partial charge in [0, 0.05) is 5.69 Å². The summed E-state index contributed by atoms with van der Waals surface area (Å²) in [5.41, 5.74) is 7.67. The summed E-state index contributed by atoms with van der Waals surface area (Å²) in [6.07, 6.45) is 10.3. The van der Waals surface area contributed by atoms with E-state index in [0.717, 1.165) is 0 Å². The maximum Gasteiger partial charge on any atom is 0.0672 e. The van der Waals surface area contributed by atoms with Crippen LogP contribution in [0.2, 0.25) is 0 Å². The predicted molar refractivity (Wildman–Crippen MR) is 131 cm³/mol. The zero-order valence-corrected chi connectivity index (χ0v) is 18.3. The Morgan fingerprint density at radius 3 is 1.19 bits per heavy atom. The molecule has 0 aromatic heterocycles. The summed E-state index contributed by atoms with van der Waals surface area (Å²) < 4.78 is 0. The minimum Gasteiger partial charge on any atom is -0.352 e. The molecule has 31 heavy (non-hydrogen) atoms. The van der Waals surface area contributed by atoms with Crippen molar-refractivity contribution in [1.82, 2.24) is 0 Å². The summed E-state index contributed by atoms with van der Waals surface area (Å²) in [5, 5.41) is 0. The predicted octanol–water partition coefficient (Wildman–Crippen LogP) is 7.74. The van der Waals surface area contributed by atoms with Crippen molar-refractivity contribution in [3.05, 3.63) is 102 Å².